The first-order valence-corrected chi connectivity index (χ1v) is 7.36. The number of aromatic nitrogens is 2. The van der Waals surface area contributed by atoms with Gasteiger partial charge in [0.2, 0.25) is 0 Å². The third-order valence-corrected chi connectivity index (χ3v) is 4.38. The summed E-state index contributed by atoms with van der Waals surface area (Å²) in [6, 6.07) is 6.31. The number of imidazole rings is 1. The fourth-order valence-electron chi connectivity index (χ4n) is 3.17. The molecule has 0 aliphatic carbocycles. The number of fused-ring (bicyclic) bond motifs is 1. The number of hydrogen-bond acceptors (Lipinski definition) is 2. The lowest BCUT2D eigenvalue weighted by Gasteiger charge is -2.20. The van der Waals surface area contributed by atoms with Crippen LogP contribution in [0.1, 0.15) is 41.4 Å². The number of aliphatic carboxylic acids is 1. The number of benzene rings is 1. The Kier molecular flexibility index (Phi) is 3.32. The van der Waals surface area contributed by atoms with Gasteiger partial charge in [0.05, 0.1) is 5.69 Å². The van der Waals surface area contributed by atoms with Crippen LogP contribution in [0.4, 0.5) is 0 Å². The van der Waals surface area contributed by atoms with E-state index in [-0.39, 0.29) is 0 Å². The van der Waals surface area contributed by atoms with E-state index in [4.69, 9.17) is 4.98 Å². The predicted molar refractivity (Wildman–Crippen MR) is 81.5 cm³/mol. The van der Waals surface area contributed by atoms with Gasteiger partial charge in [-0.25, -0.2) is 4.98 Å². The average Bonchev–Trinajstić information content (AvgIpc) is 2.79. The Morgan fingerprint density at radius 1 is 1.33 bits per heavy atom. The van der Waals surface area contributed by atoms with E-state index in [0.29, 0.717) is 12.2 Å². The van der Waals surface area contributed by atoms with Crippen LogP contribution in [0, 0.1) is 20.8 Å². The van der Waals surface area contributed by atoms with Gasteiger partial charge in [0.1, 0.15) is 11.7 Å². The van der Waals surface area contributed by atoms with Crippen molar-refractivity contribution in [2.45, 2.75) is 46.1 Å². The molecule has 0 radical (unpaired) electrons. The Balaban J connectivity index is 2.18. The van der Waals surface area contributed by atoms with Crippen molar-refractivity contribution in [3.63, 3.8) is 0 Å². The summed E-state index contributed by atoms with van der Waals surface area (Å²) in [5, 5.41) is 9.40. The molecule has 2 aromatic rings. The Labute approximate surface area is 124 Å². The number of carboxylic acid groups (broad SMARTS) is 1. The average molecular weight is 284 g/mol. The number of carbonyl (C=O) groups is 1. The lowest BCUT2D eigenvalue weighted by Crippen LogP contribution is -2.22. The minimum atomic E-state index is -0.770. The molecule has 3 rings (SSSR count). The van der Waals surface area contributed by atoms with Gasteiger partial charge in [0.15, 0.2) is 0 Å². The van der Waals surface area contributed by atoms with Crippen LogP contribution < -0.4 is 0 Å². The summed E-state index contributed by atoms with van der Waals surface area (Å²) in [4.78, 5) is 16.1. The van der Waals surface area contributed by atoms with E-state index in [0.717, 1.165) is 29.9 Å². The number of nitrogens with zero attached hydrogens (tertiary/aromatic N) is 2. The van der Waals surface area contributed by atoms with E-state index in [1.165, 1.54) is 11.1 Å². The molecule has 4 heteroatoms. The third kappa shape index (κ3) is 2.24. The zero-order chi connectivity index (χ0) is 15.1. The standard InChI is InChI=1S/C17H20N2O2/c1-10-6-7-11(2)14(9-10)15-12(3)19-8-4-5-13(17(20)21)16(19)18-15/h6-7,9,13H,4-5,8H2,1-3H3,(H,20,21). The second-order valence-corrected chi connectivity index (χ2v) is 5.91. The molecular formula is C17H20N2O2. The number of aryl methyl sites for hydroxylation is 2. The van der Waals surface area contributed by atoms with Crippen molar-refractivity contribution in [3.05, 3.63) is 40.8 Å². The molecule has 0 fully saturated rings. The van der Waals surface area contributed by atoms with E-state index in [2.05, 4.69) is 36.6 Å². The fraction of sp³-hybridized carbons (Fsp3) is 0.412. The minimum absolute atomic E-state index is 0.476. The SMILES string of the molecule is Cc1ccc(C)c(-c2nc3n(c2C)CCCC3C(=O)O)c1. The van der Waals surface area contributed by atoms with Gasteiger partial charge in [-0.15, -0.1) is 0 Å². The lowest BCUT2D eigenvalue weighted by molar-refractivity contribution is -0.139. The van der Waals surface area contributed by atoms with Gasteiger partial charge in [-0.3, -0.25) is 4.79 Å². The highest BCUT2D eigenvalue weighted by molar-refractivity contribution is 5.76. The minimum Gasteiger partial charge on any atom is -0.481 e. The van der Waals surface area contributed by atoms with Crippen molar-refractivity contribution in [2.24, 2.45) is 0 Å². The van der Waals surface area contributed by atoms with Gasteiger partial charge in [-0.05, 0) is 45.2 Å². The molecular weight excluding hydrogens is 264 g/mol. The van der Waals surface area contributed by atoms with Crippen LogP contribution in [0.15, 0.2) is 18.2 Å². The van der Waals surface area contributed by atoms with Crippen LogP contribution in [0.25, 0.3) is 11.3 Å². The van der Waals surface area contributed by atoms with Gasteiger partial charge in [0.25, 0.3) is 0 Å². The highest BCUT2D eigenvalue weighted by Crippen LogP contribution is 2.34. The summed E-state index contributed by atoms with van der Waals surface area (Å²) in [6.45, 7) is 7.04. The van der Waals surface area contributed by atoms with Crippen molar-refractivity contribution in [1.29, 1.82) is 0 Å². The Hall–Kier alpha value is -2.10. The Morgan fingerprint density at radius 2 is 2.10 bits per heavy atom. The topological polar surface area (TPSA) is 55.1 Å². The van der Waals surface area contributed by atoms with Crippen molar-refractivity contribution >= 4 is 5.97 Å². The van der Waals surface area contributed by atoms with Crippen molar-refractivity contribution < 1.29 is 9.90 Å². The normalized spacial score (nSPS) is 17.6. The molecule has 0 spiro atoms. The van der Waals surface area contributed by atoms with Crippen molar-refractivity contribution in [3.8, 4) is 11.3 Å². The third-order valence-electron chi connectivity index (χ3n) is 4.38. The summed E-state index contributed by atoms with van der Waals surface area (Å²) in [5.41, 5.74) is 5.48. The molecule has 1 aromatic heterocycles. The first kappa shape index (κ1) is 13.9. The van der Waals surface area contributed by atoms with E-state index >= 15 is 0 Å². The molecule has 1 aliphatic rings. The lowest BCUT2D eigenvalue weighted by atomic mass is 9.99. The highest BCUT2D eigenvalue weighted by Gasteiger charge is 2.31. The van der Waals surface area contributed by atoms with Crippen LogP contribution in [-0.2, 0) is 11.3 Å². The van der Waals surface area contributed by atoms with Crippen molar-refractivity contribution in [1.82, 2.24) is 9.55 Å². The smallest absolute Gasteiger partial charge is 0.314 e. The van der Waals surface area contributed by atoms with Crippen LogP contribution >= 0.6 is 0 Å². The van der Waals surface area contributed by atoms with E-state index in [1.54, 1.807) is 0 Å². The molecule has 1 aromatic carbocycles. The maximum atomic E-state index is 11.4. The Morgan fingerprint density at radius 3 is 2.81 bits per heavy atom. The molecule has 110 valence electrons. The molecule has 1 aliphatic heterocycles. The molecule has 4 nitrogen and oxygen atoms in total. The number of hydrogen-bond donors (Lipinski definition) is 1. The van der Waals surface area contributed by atoms with Gasteiger partial charge < -0.3 is 9.67 Å². The molecule has 2 heterocycles. The largest absolute Gasteiger partial charge is 0.481 e. The quantitative estimate of drug-likeness (QED) is 0.919. The highest BCUT2D eigenvalue weighted by atomic mass is 16.4. The molecule has 0 bridgehead atoms. The molecule has 1 N–H and O–H groups in total. The molecule has 1 unspecified atom stereocenters. The summed E-state index contributed by atoms with van der Waals surface area (Å²) < 4.78 is 2.08. The number of rotatable bonds is 2. The monoisotopic (exact) mass is 284 g/mol. The maximum absolute atomic E-state index is 11.4. The van der Waals surface area contributed by atoms with Gasteiger partial charge >= 0.3 is 5.97 Å². The molecule has 21 heavy (non-hydrogen) atoms. The Bertz CT molecular complexity index is 716. The van der Waals surface area contributed by atoms with Crippen LogP contribution in [0.5, 0.6) is 0 Å². The van der Waals surface area contributed by atoms with Gasteiger partial charge in [-0.2, -0.15) is 0 Å². The van der Waals surface area contributed by atoms with Crippen LogP contribution in [0.2, 0.25) is 0 Å². The zero-order valence-electron chi connectivity index (χ0n) is 12.7. The summed E-state index contributed by atoms with van der Waals surface area (Å²) in [6.07, 6.45) is 1.57. The fourth-order valence-corrected chi connectivity index (χ4v) is 3.17. The number of carboxylic acids is 1. The molecule has 1 atom stereocenters. The molecule has 0 saturated heterocycles. The first-order chi connectivity index (χ1) is 9.99. The molecule has 0 saturated carbocycles. The van der Waals surface area contributed by atoms with Gasteiger partial charge in [-0.1, -0.05) is 17.7 Å². The maximum Gasteiger partial charge on any atom is 0.314 e. The van der Waals surface area contributed by atoms with Crippen molar-refractivity contribution in [2.75, 3.05) is 0 Å². The van der Waals surface area contributed by atoms with E-state index in [9.17, 15) is 9.90 Å². The van der Waals surface area contributed by atoms with E-state index < -0.39 is 11.9 Å². The second-order valence-electron chi connectivity index (χ2n) is 5.91. The van der Waals surface area contributed by atoms with Gasteiger partial charge in [0, 0.05) is 17.8 Å². The first-order valence-electron chi connectivity index (χ1n) is 7.36. The van der Waals surface area contributed by atoms with E-state index in [1.807, 2.05) is 6.92 Å². The predicted octanol–water partition coefficient (Wildman–Crippen LogP) is 3.44. The second kappa shape index (κ2) is 5.02. The summed E-state index contributed by atoms with van der Waals surface area (Å²) >= 11 is 0. The summed E-state index contributed by atoms with van der Waals surface area (Å²) in [7, 11) is 0. The van der Waals surface area contributed by atoms with Crippen LogP contribution in [0.3, 0.4) is 0 Å². The summed E-state index contributed by atoms with van der Waals surface area (Å²) in [5.74, 6) is -0.535. The molecule has 0 amide bonds. The van der Waals surface area contributed by atoms with Crippen LogP contribution in [-0.4, -0.2) is 20.6 Å². The zero-order valence-corrected chi connectivity index (χ0v) is 12.7.